The van der Waals surface area contributed by atoms with Gasteiger partial charge in [0.1, 0.15) is 0 Å². The third-order valence-electron chi connectivity index (χ3n) is 2.01. The van der Waals surface area contributed by atoms with Gasteiger partial charge in [0.05, 0.1) is 5.69 Å². The lowest BCUT2D eigenvalue weighted by Gasteiger charge is -1.91. The molecule has 0 aliphatic rings. The fourth-order valence-corrected chi connectivity index (χ4v) is 1.41. The van der Waals surface area contributed by atoms with Crippen LogP contribution in [0.5, 0.6) is 0 Å². The molecule has 4 nitrogen and oxygen atoms in total. The van der Waals surface area contributed by atoms with Gasteiger partial charge in [-0.25, -0.2) is 4.98 Å². The molecule has 0 radical (unpaired) electrons. The van der Waals surface area contributed by atoms with Crippen LogP contribution in [0.25, 0.3) is 11.3 Å². The average molecular weight is 176 g/mol. The Hall–Kier alpha value is -1.71. The van der Waals surface area contributed by atoms with Gasteiger partial charge >= 0.3 is 0 Å². The second-order valence-electron chi connectivity index (χ2n) is 3.16. The summed E-state index contributed by atoms with van der Waals surface area (Å²) in [6, 6.07) is 2.02. The molecule has 68 valence electrons. The van der Waals surface area contributed by atoms with Crippen LogP contribution in [-0.4, -0.2) is 14.5 Å². The van der Waals surface area contributed by atoms with Gasteiger partial charge in [-0.15, -0.1) is 0 Å². The zero-order chi connectivity index (χ0) is 9.42. The fraction of sp³-hybridized carbons (Fsp3) is 0.222. The number of hydrogen-bond acceptors (Lipinski definition) is 2. The van der Waals surface area contributed by atoms with Crippen molar-refractivity contribution >= 4 is 5.95 Å². The summed E-state index contributed by atoms with van der Waals surface area (Å²) in [5.41, 5.74) is 8.57. The first-order valence-corrected chi connectivity index (χ1v) is 4.11. The summed E-state index contributed by atoms with van der Waals surface area (Å²) >= 11 is 0. The van der Waals surface area contributed by atoms with Crippen LogP contribution in [0.1, 0.15) is 5.69 Å². The summed E-state index contributed by atoms with van der Waals surface area (Å²) in [6.07, 6.45) is 4.00. The van der Waals surface area contributed by atoms with E-state index < -0.39 is 0 Å². The molecule has 0 amide bonds. The maximum atomic E-state index is 5.55. The number of nitrogen functional groups attached to an aromatic ring is 1. The molecule has 0 aliphatic carbocycles. The van der Waals surface area contributed by atoms with Crippen LogP contribution in [0.3, 0.4) is 0 Å². The van der Waals surface area contributed by atoms with Crippen molar-refractivity contribution in [3.8, 4) is 11.3 Å². The molecule has 0 atom stereocenters. The van der Waals surface area contributed by atoms with Gasteiger partial charge in [0.25, 0.3) is 0 Å². The predicted molar refractivity (Wildman–Crippen MR) is 52.1 cm³/mol. The molecule has 0 fully saturated rings. The first-order valence-electron chi connectivity index (χ1n) is 4.11. The fourth-order valence-electron chi connectivity index (χ4n) is 1.41. The Kier molecular flexibility index (Phi) is 1.62. The number of aromatic amines is 1. The van der Waals surface area contributed by atoms with Gasteiger partial charge in [-0.05, 0) is 13.0 Å². The van der Waals surface area contributed by atoms with Crippen molar-refractivity contribution in [2.24, 2.45) is 7.05 Å². The summed E-state index contributed by atoms with van der Waals surface area (Å²) < 4.78 is 1.99. The van der Waals surface area contributed by atoms with E-state index in [2.05, 4.69) is 9.97 Å². The largest absolute Gasteiger partial charge is 0.369 e. The predicted octanol–water partition coefficient (Wildman–Crippen LogP) is 1.31. The lowest BCUT2D eigenvalue weighted by molar-refractivity contribution is 0.928. The molecule has 4 heteroatoms. The summed E-state index contributed by atoms with van der Waals surface area (Å²) in [6.45, 7) is 1.96. The molecule has 0 aromatic carbocycles. The van der Waals surface area contributed by atoms with Crippen LogP contribution < -0.4 is 5.73 Å². The molecular weight excluding hydrogens is 164 g/mol. The molecule has 0 saturated heterocycles. The molecule has 0 bridgehead atoms. The Morgan fingerprint density at radius 1 is 1.54 bits per heavy atom. The van der Waals surface area contributed by atoms with E-state index >= 15 is 0 Å². The highest BCUT2D eigenvalue weighted by Crippen LogP contribution is 2.21. The standard InChI is InChI=1S/C9H12N4/c1-6-8(12-9(10)11-6)7-3-4-13(2)5-7/h3-5H,1-2H3,(H3,10,11,12). The van der Waals surface area contributed by atoms with Crippen LogP contribution in [0.4, 0.5) is 5.95 Å². The van der Waals surface area contributed by atoms with E-state index in [1.165, 1.54) is 0 Å². The number of hydrogen-bond donors (Lipinski definition) is 2. The van der Waals surface area contributed by atoms with Crippen LogP contribution in [0.15, 0.2) is 18.5 Å². The minimum atomic E-state index is 0.469. The summed E-state index contributed by atoms with van der Waals surface area (Å²) in [5, 5.41) is 0. The molecule has 0 saturated carbocycles. The number of aryl methyl sites for hydroxylation is 2. The van der Waals surface area contributed by atoms with Gasteiger partial charge in [-0.3, -0.25) is 0 Å². The molecule has 13 heavy (non-hydrogen) atoms. The number of nitrogens with zero attached hydrogens (tertiary/aromatic N) is 2. The number of nitrogens with two attached hydrogens (primary N) is 1. The van der Waals surface area contributed by atoms with Crippen molar-refractivity contribution in [2.75, 3.05) is 5.73 Å². The molecule has 2 heterocycles. The van der Waals surface area contributed by atoms with Gasteiger partial charge < -0.3 is 15.3 Å². The van der Waals surface area contributed by atoms with Crippen molar-refractivity contribution in [2.45, 2.75) is 6.92 Å². The van der Waals surface area contributed by atoms with Crippen molar-refractivity contribution < 1.29 is 0 Å². The number of imidazole rings is 1. The second kappa shape index (κ2) is 2.65. The Labute approximate surface area is 76.4 Å². The molecule has 0 unspecified atom stereocenters. The number of anilines is 1. The molecule has 2 aromatic heterocycles. The van der Waals surface area contributed by atoms with E-state index in [-0.39, 0.29) is 0 Å². The Bertz CT molecular complexity index is 425. The quantitative estimate of drug-likeness (QED) is 0.688. The van der Waals surface area contributed by atoms with Gasteiger partial charge in [0.2, 0.25) is 0 Å². The summed E-state index contributed by atoms with van der Waals surface area (Å²) in [7, 11) is 1.98. The van der Waals surface area contributed by atoms with E-state index in [0.717, 1.165) is 17.0 Å². The van der Waals surface area contributed by atoms with Crippen molar-refractivity contribution in [3.05, 3.63) is 24.2 Å². The minimum absolute atomic E-state index is 0.469. The molecule has 0 spiro atoms. The highest BCUT2D eigenvalue weighted by atomic mass is 15.0. The van der Waals surface area contributed by atoms with Crippen molar-refractivity contribution in [1.29, 1.82) is 0 Å². The van der Waals surface area contributed by atoms with Gasteiger partial charge in [-0.1, -0.05) is 0 Å². The van der Waals surface area contributed by atoms with Crippen molar-refractivity contribution in [3.63, 3.8) is 0 Å². The van der Waals surface area contributed by atoms with Gasteiger partial charge in [-0.2, -0.15) is 0 Å². The van der Waals surface area contributed by atoms with Gasteiger partial charge in [0.15, 0.2) is 5.95 Å². The van der Waals surface area contributed by atoms with Crippen LogP contribution in [0, 0.1) is 6.92 Å². The van der Waals surface area contributed by atoms with E-state index in [4.69, 9.17) is 5.73 Å². The van der Waals surface area contributed by atoms with E-state index in [9.17, 15) is 0 Å². The molecule has 2 rings (SSSR count). The highest BCUT2D eigenvalue weighted by molar-refractivity contribution is 5.62. The first kappa shape index (κ1) is 7.91. The monoisotopic (exact) mass is 176 g/mol. The van der Waals surface area contributed by atoms with E-state index in [0.29, 0.717) is 5.95 Å². The Morgan fingerprint density at radius 3 is 2.77 bits per heavy atom. The summed E-state index contributed by atoms with van der Waals surface area (Å²) in [4.78, 5) is 7.18. The smallest absolute Gasteiger partial charge is 0.198 e. The SMILES string of the molecule is Cc1[nH]c(N)nc1-c1ccn(C)c1. The van der Waals surface area contributed by atoms with Crippen LogP contribution in [-0.2, 0) is 7.05 Å². The first-order chi connectivity index (χ1) is 6.16. The summed E-state index contributed by atoms with van der Waals surface area (Å²) in [5.74, 6) is 0.469. The molecular formula is C9H12N4. The molecule has 2 aromatic rings. The maximum Gasteiger partial charge on any atom is 0.198 e. The number of nitrogens with one attached hydrogen (secondary N) is 1. The number of aromatic nitrogens is 3. The molecule has 0 aliphatic heterocycles. The number of rotatable bonds is 1. The maximum absolute atomic E-state index is 5.55. The normalized spacial score (nSPS) is 10.6. The minimum Gasteiger partial charge on any atom is -0.369 e. The third-order valence-corrected chi connectivity index (χ3v) is 2.01. The zero-order valence-electron chi connectivity index (χ0n) is 7.70. The topological polar surface area (TPSA) is 59.6 Å². The van der Waals surface area contributed by atoms with Gasteiger partial charge in [0, 0.05) is 30.7 Å². The Balaban J connectivity index is 2.51. The van der Waals surface area contributed by atoms with E-state index in [1.54, 1.807) is 0 Å². The lowest BCUT2D eigenvalue weighted by Crippen LogP contribution is -1.85. The van der Waals surface area contributed by atoms with Crippen LogP contribution in [0.2, 0.25) is 0 Å². The third kappa shape index (κ3) is 1.30. The van der Waals surface area contributed by atoms with Crippen LogP contribution >= 0.6 is 0 Å². The highest BCUT2D eigenvalue weighted by Gasteiger charge is 2.07. The zero-order valence-corrected chi connectivity index (χ0v) is 7.70. The van der Waals surface area contributed by atoms with Crippen molar-refractivity contribution in [1.82, 2.24) is 14.5 Å². The second-order valence-corrected chi connectivity index (χ2v) is 3.16. The number of H-pyrrole nitrogens is 1. The Morgan fingerprint density at radius 2 is 2.31 bits per heavy atom. The average Bonchev–Trinajstić information content (AvgIpc) is 2.58. The molecule has 3 N–H and O–H groups in total. The lowest BCUT2D eigenvalue weighted by atomic mass is 10.2. The van der Waals surface area contributed by atoms with E-state index in [1.807, 2.05) is 37.0 Å².